The van der Waals surface area contributed by atoms with Crippen LogP contribution in [0.15, 0.2) is 24.9 Å². The lowest BCUT2D eigenvalue weighted by Gasteiger charge is -2.35. The number of hydrogen-bond donors (Lipinski definition) is 0. The summed E-state index contributed by atoms with van der Waals surface area (Å²) in [6, 6.07) is 1.88. The molecule has 0 spiro atoms. The van der Waals surface area contributed by atoms with Crippen molar-refractivity contribution in [2.75, 3.05) is 25.4 Å². The summed E-state index contributed by atoms with van der Waals surface area (Å²) in [5.74, 6) is 0.749. The van der Waals surface area contributed by atoms with E-state index in [0.29, 0.717) is 31.2 Å². The second kappa shape index (κ2) is 6.93. The van der Waals surface area contributed by atoms with Crippen molar-refractivity contribution in [3.63, 3.8) is 0 Å². The predicted octanol–water partition coefficient (Wildman–Crippen LogP) is 1.75. The molecular weight excluding hydrogens is 334 g/mol. The molecule has 1 saturated heterocycles. The van der Waals surface area contributed by atoms with Crippen molar-refractivity contribution in [2.24, 2.45) is 0 Å². The van der Waals surface area contributed by atoms with Crippen LogP contribution in [0.4, 0.5) is 0 Å². The second-order valence-electron chi connectivity index (χ2n) is 5.62. The number of rotatable bonds is 2. The van der Waals surface area contributed by atoms with Gasteiger partial charge in [-0.2, -0.15) is 0 Å². The van der Waals surface area contributed by atoms with Crippen LogP contribution in [0.3, 0.4) is 0 Å². The van der Waals surface area contributed by atoms with Crippen LogP contribution in [0.25, 0.3) is 0 Å². The third-order valence-corrected chi connectivity index (χ3v) is 5.52. The molecule has 2 amide bonds. The average molecular weight is 352 g/mol. The fourth-order valence-electron chi connectivity index (χ4n) is 2.92. The highest BCUT2D eigenvalue weighted by Gasteiger charge is 2.32. The Bertz CT molecular complexity index is 652. The van der Waals surface area contributed by atoms with E-state index in [4.69, 9.17) is 11.6 Å². The number of halogens is 1. The van der Waals surface area contributed by atoms with Crippen LogP contribution in [0.5, 0.6) is 0 Å². The molecule has 0 saturated carbocycles. The monoisotopic (exact) mass is 351 g/mol. The van der Waals surface area contributed by atoms with E-state index in [1.54, 1.807) is 22.9 Å². The van der Waals surface area contributed by atoms with Crippen LogP contribution in [0.2, 0.25) is 5.02 Å². The van der Waals surface area contributed by atoms with Crippen LogP contribution >= 0.6 is 23.4 Å². The fraction of sp³-hybridized carbons (Fsp3) is 0.438. The largest absolute Gasteiger partial charge is 0.337 e. The Morgan fingerprint density at radius 1 is 1.39 bits per heavy atom. The first-order valence-electron chi connectivity index (χ1n) is 7.53. The number of nitrogens with zero attached hydrogens (tertiary/aromatic N) is 3. The van der Waals surface area contributed by atoms with Crippen LogP contribution in [0.1, 0.15) is 11.3 Å². The molecule has 0 aromatic carbocycles. The Hall–Kier alpha value is -1.53. The van der Waals surface area contributed by atoms with E-state index in [1.165, 1.54) is 6.08 Å². The van der Waals surface area contributed by atoms with Crippen molar-refractivity contribution < 1.29 is 9.59 Å². The first-order valence-corrected chi connectivity index (χ1v) is 8.96. The molecule has 1 aromatic rings. The van der Waals surface area contributed by atoms with Gasteiger partial charge in [-0.25, -0.2) is 0 Å². The van der Waals surface area contributed by atoms with Crippen molar-refractivity contribution in [1.82, 2.24) is 14.8 Å². The minimum absolute atomic E-state index is 0.0854. The third kappa shape index (κ3) is 3.53. The highest BCUT2D eigenvalue weighted by atomic mass is 35.5. The van der Waals surface area contributed by atoms with Gasteiger partial charge in [0.1, 0.15) is 5.25 Å². The standard InChI is InChI=1S/C16H18ClN3O2S/c1-2-15(21)19-5-6-23-14(10-19)16(22)20-4-3-13-11(9-20)7-12(17)8-18-13/h2,7-8,14H,1,3-6,9-10H2. The molecule has 3 rings (SSSR count). The number of thioether (sulfide) groups is 1. The van der Waals surface area contributed by atoms with Crippen molar-refractivity contribution in [3.8, 4) is 0 Å². The van der Waals surface area contributed by atoms with Crippen molar-refractivity contribution >= 4 is 35.2 Å². The molecule has 0 N–H and O–H groups in total. The molecule has 0 bridgehead atoms. The number of fused-ring (bicyclic) bond motifs is 1. The van der Waals surface area contributed by atoms with Crippen molar-refractivity contribution in [2.45, 2.75) is 18.2 Å². The quantitative estimate of drug-likeness (QED) is 0.762. The molecule has 1 fully saturated rings. The number of pyridine rings is 1. The average Bonchev–Trinajstić information content (AvgIpc) is 2.59. The number of carbonyl (C=O) groups excluding carboxylic acids is 2. The van der Waals surface area contributed by atoms with E-state index < -0.39 is 0 Å². The summed E-state index contributed by atoms with van der Waals surface area (Å²) in [5, 5.41) is 0.384. The Morgan fingerprint density at radius 3 is 3.00 bits per heavy atom. The highest BCUT2D eigenvalue weighted by molar-refractivity contribution is 8.00. The summed E-state index contributed by atoms with van der Waals surface area (Å²) in [7, 11) is 0. The Labute approximate surface area is 144 Å². The van der Waals surface area contributed by atoms with Gasteiger partial charge in [-0.15, -0.1) is 11.8 Å². The molecule has 2 aliphatic rings. The normalized spacial score (nSPS) is 20.8. The zero-order valence-corrected chi connectivity index (χ0v) is 14.3. The zero-order valence-electron chi connectivity index (χ0n) is 12.7. The molecule has 5 nitrogen and oxygen atoms in total. The zero-order chi connectivity index (χ0) is 16.4. The van der Waals surface area contributed by atoms with Gasteiger partial charge in [0, 0.05) is 50.2 Å². The highest BCUT2D eigenvalue weighted by Crippen LogP contribution is 2.25. The van der Waals surface area contributed by atoms with E-state index in [0.717, 1.165) is 23.4 Å². The van der Waals surface area contributed by atoms with Gasteiger partial charge in [-0.05, 0) is 17.7 Å². The van der Waals surface area contributed by atoms with Crippen LogP contribution < -0.4 is 0 Å². The van der Waals surface area contributed by atoms with Gasteiger partial charge in [0.2, 0.25) is 11.8 Å². The molecule has 1 unspecified atom stereocenters. The number of amides is 2. The first-order chi connectivity index (χ1) is 11.1. The molecule has 0 radical (unpaired) electrons. The maximum absolute atomic E-state index is 12.8. The lowest BCUT2D eigenvalue weighted by molar-refractivity contribution is -0.133. The molecule has 3 heterocycles. The Kier molecular flexibility index (Phi) is 4.92. The molecule has 122 valence electrons. The van der Waals surface area contributed by atoms with E-state index in [-0.39, 0.29) is 17.1 Å². The third-order valence-electron chi connectivity index (χ3n) is 4.15. The molecule has 1 atom stereocenters. The Morgan fingerprint density at radius 2 is 2.22 bits per heavy atom. The molecule has 23 heavy (non-hydrogen) atoms. The number of aromatic nitrogens is 1. The van der Waals surface area contributed by atoms with Crippen molar-refractivity contribution in [3.05, 3.63) is 41.2 Å². The van der Waals surface area contributed by atoms with Gasteiger partial charge in [0.05, 0.1) is 5.02 Å². The summed E-state index contributed by atoms with van der Waals surface area (Å²) >= 11 is 7.62. The van der Waals surface area contributed by atoms with Crippen LogP contribution in [-0.4, -0.2) is 57.2 Å². The summed E-state index contributed by atoms with van der Waals surface area (Å²) in [6.07, 6.45) is 3.70. The second-order valence-corrected chi connectivity index (χ2v) is 7.36. The lowest BCUT2D eigenvalue weighted by atomic mass is 10.1. The molecule has 1 aromatic heterocycles. The topological polar surface area (TPSA) is 53.5 Å². The SMILES string of the molecule is C=CC(=O)N1CCSC(C(=O)N2CCc3ncc(Cl)cc3C2)C1. The fourth-order valence-corrected chi connectivity index (χ4v) is 4.28. The maximum atomic E-state index is 12.8. The van der Waals surface area contributed by atoms with Gasteiger partial charge in [0.15, 0.2) is 0 Å². The lowest BCUT2D eigenvalue weighted by Crippen LogP contribution is -2.49. The number of hydrogen-bond acceptors (Lipinski definition) is 4. The summed E-state index contributed by atoms with van der Waals surface area (Å²) in [6.45, 7) is 5.83. The van der Waals surface area contributed by atoms with Crippen LogP contribution in [0, 0.1) is 0 Å². The summed E-state index contributed by atoms with van der Waals surface area (Å²) < 4.78 is 0. The molecule has 0 aliphatic carbocycles. The van der Waals surface area contributed by atoms with Gasteiger partial charge >= 0.3 is 0 Å². The first kappa shape index (κ1) is 16.3. The van der Waals surface area contributed by atoms with E-state index in [2.05, 4.69) is 11.6 Å². The van der Waals surface area contributed by atoms with E-state index in [1.807, 2.05) is 11.0 Å². The molecule has 2 aliphatic heterocycles. The van der Waals surface area contributed by atoms with Gasteiger partial charge < -0.3 is 9.80 Å². The maximum Gasteiger partial charge on any atom is 0.246 e. The van der Waals surface area contributed by atoms with E-state index >= 15 is 0 Å². The van der Waals surface area contributed by atoms with Crippen LogP contribution in [-0.2, 0) is 22.6 Å². The summed E-state index contributed by atoms with van der Waals surface area (Å²) in [4.78, 5) is 32.4. The van der Waals surface area contributed by atoms with Gasteiger partial charge in [-0.1, -0.05) is 18.2 Å². The smallest absolute Gasteiger partial charge is 0.246 e. The van der Waals surface area contributed by atoms with Gasteiger partial charge in [0.25, 0.3) is 0 Å². The molecule has 7 heteroatoms. The minimum Gasteiger partial charge on any atom is -0.337 e. The number of carbonyl (C=O) groups is 2. The van der Waals surface area contributed by atoms with Gasteiger partial charge in [-0.3, -0.25) is 14.6 Å². The van der Waals surface area contributed by atoms with Crippen molar-refractivity contribution in [1.29, 1.82) is 0 Å². The predicted molar refractivity (Wildman–Crippen MR) is 91.4 cm³/mol. The van der Waals surface area contributed by atoms with E-state index in [9.17, 15) is 9.59 Å². The molecular formula is C16H18ClN3O2S. The minimum atomic E-state index is -0.207. The Balaban J connectivity index is 1.69. The summed E-state index contributed by atoms with van der Waals surface area (Å²) in [5.41, 5.74) is 2.02.